The number of halogens is 1. The maximum absolute atomic E-state index is 13.4. The van der Waals surface area contributed by atoms with E-state index in [2.05, 4.69) is 19.9 Å². The quantitative estimate of drug-likeness (QED) is 0.392. The van der Waals surface area contributed by atoms with Crippen molar-refractivity contribution in [2.24, 2.45) is 0 Å². The summed E-state index contributed by atoms with van der Waals surface area (Å²) in [4.78, 5) is 4.21. The molecule has 1 N–H and O–H groups in total. The first-order valence-electron chi connectivity index (χ1n) is 10.4. The summed E-state index contributed by atoms with van der Waals surface area (Å²) in [5.74, 6) is 1.82. The van der Waals surface area contributed by atoms with Crippen LogP contribution in [-0.2, 0) is 16.4 Å². The van der Waals surface area contributed by atoms with Crippen LogP contribution in [0.25, 0.3) is 17.3 Å². The number of nitrogens with one attached hydrogen (secondary N) is 1. The molecule has 182 valence electrons. The third-order valence-corrected chi connectivity index (χ3v) is 7.30. The highest BCUT2D eigenvalue weighted by molar-refractivity contribution is 7.93. The van der Waals surface area contributed by atoms with Gasteiger partial charge in [-0.3, -0.25) is 14.3 Å². The number of benzene rings is 1. The van der Waals surface area contributed by atoms with Gasteiger partial charge >= 0.3 is 0 Å². The molecule has 0 unspecified atom stereocenters. The van der Waals surface area contributed by atoms with E-state index in [1.165, 1.54) is 31.2 Å². The SMILES string of the molecule is COc1cccc(OC)c1-n1c(NS(=O)(=O)[C@@H]2COc3cc(Cl)cnc3C2)nnc1-c1ccco1. The minimum Gasteiger partial charge on any atom is -0.494 e. The molecular weight excluding hydrogens is 498 g/mol. The molecule has 1 aliphatic heterocycles. The first-order valence-corrected chi connectivity index (χ1v) is 12.3. The number of ether oxygens (including phenoxy) is 3. The van der Waals surface area contributed by atoms with Crippen LogP contribution in [0.4, 0.5) is 5.95 Å². The van der Waals surface area contributed by atoms with Gasteiger partial charge in [0, 0.05) is 18.7 Å². The number of hydrogen-bond donors (Lipinski definition) is 1. The Balaban J connectivity index is 1.57. The van der Waals surface area contributed by atoms with E-state index in [1.54, 1.807) is 36.4 Å². The van der Waals surface area contributed by atoms with Crippen LogP contribution in [0.3, 0.4) is 0 Å². The Labute approximate surface area is 205 Å². The van der Waals surface area contributed by atoms with Crippen LogP contribution in [0, 0.1) is 0 Å². The van der Waals surface area contributed by atoms with Crippen molar-refractivity contribution >= 4 is 27.6 Å². The highest BCUT2D eigenvalue weighted by Crippen LogP contribution is 2.38. The number of pyridine rings is 1. The summed E-state index contributed by atoms with van der Waals surface area (Å²) < 4.78 is 53.1. The van der Waals surface area contributed by atoms with E-state index in [0.717, 1.165) is 0 Å². The summed E-state index contributed by atoms with van der Waals surface area (Å²) in [5.41, 5.74) is 0.897. The molecule has 0 amide bonds. The second kappa shape index (κ2) is 9.12. The molecule has 0 saturated heterocycles. The van der Waals surface area contributed by atoms with Crippen LogP contribution < -0.4 is 18.9 Å². The lowest BCUT2D eigenvalue weighted by atomic mass is 10.1. The number of aromatic nitrogens is 4. The fourth-order valence-electron chi connectivity index (χ4n) is 3.77. The Morgan fingerprint density at radius 2 is 1.91 bits per heavy atom. The minimum atomic E-state index is -4.00. The average Bonchev–Trinajstić information content (AvgIpc) is 3.53. The standard InChI is InChI=1S/C22H20ClN5O6S/c1-31-16-5-3-6-17(32-2)20(16)28-21(18-7-4-8-33-18)25-26-22(28)27-35(29,30)14-10-15-19(34-12-14)9-13(23)11-24-15/h3-9,11,14H,10,12H2,1-2H3,(H,26,27)/t14-/m0/s1. The molecule has 0 fully saturated rings. The second-order valence-corrected chi connectivity index (χ2v) is 9.95. The smallest absolute Gasteiger partial charge is 0.243 e. The molecule has 4 aromatic rings. The third-order valence-electron chi connectivity index (χ3n) is 5.45. The van der Waals surface area contributed by atoms with Gasteiger partial charge in [-0.2, -0.15) is 0 Å². The van der Waals surface area contributed by atoms with Crippen molar-refractivity contribution in [2.75, 3.05) is 25.5 Å². The van der Waals surface area contributed by atoms with Gasteiger partial charge in [0.2, 0.25) is 21.8 Å². The molecule has 0 radical (unpaired) electrons. The van der Waals surface area contributed by atoms with Gasteiger partial charge in [-0.15, -0.1) is 10.2 Å². The van der Waals surface area contributed by atoms with Gasteiger partial charge in [-0.1, -0.05) is 17.7 Å². The molecule has 0 saturated carbocycles. The van der Waals surface area contributed by atoms with Crippen LogP contribution in [0.5, 0.6) is 17.2 Å². The number of para-hydroxylation sites is 1. The molecule has 5 rings (SSSR count). The van der Waals surface area contributed by atoms with Gasteiger partial charge in [0.15, 0.2) is 5.76 Å². The zero-order chi connectivity index (χ0) is 24.6. The van der Waals surface area contributed by atoms with E-state index < -0.39 is 15.3 Å². The first kappa shape index (κ1) is 23.0. The molecule has 3 aromatic heterocycles. The van der Waals surface area contributed by atoms with Gasteiger partial charge in [0.05, 0.1) is 31.2 Å². The summed E-state index contributed by atoms with van der Waals surface area (Å²) in [5, 5.41) is 7.78. The van der Waals surface area contributed by atoms with Crippen molar-refractivity contribution in [3.05, 3.63) is 59.6 Å². The monoisotopic (exact) mass is 517 g/mol. The maximum Gasteiger partial charge on any atom is 0.243 e. The average molecular weight is 518 g/mol. The van der Waals surface area contributed by atoms with Gasteiger partial charge < -0.3 is 18.6 Å². The van der Waals surface area contributed by atoms with E-state index in [9.17, 15) is 8.42 Å². The van der Waals surface area contributed by atoms with Crippen molar-refractivity contribution in [1.29, 1.82) is 0 Å². The fourth-order valence-corrected chi connectivity index (χ4v) is 5.10. The number of sulfonamides is 1. The van der Waals surface area contributed by atoms with Gasteiger partial charge in [-0.05, 0) is 24.3 Å². The predicted molar refractivity (Wildman–Crippen MR) is 127 cm³/mol. The van der Waals surface area contributed by atoms with Crippen molar-refractivity contribution in [2.45, 2.75) is 11.7 Å². The number of rotatable bonds is 7. The number of hydrogen-bond acceptors (Lipinski definition) is 9. The largest absolute Gasteiger partial charge is 0.494 e. The molecular formula is C22H20ClN5O6S. The summed E-state index contributed by atoms with van der Waals surface area (Å²) in [6.45, 7) is -0.0818. The van der Waals surface area contributed by atoms with Crippen LogP contribution in [0.15, 0.2) is 53.3 Å². The normalized spacial score (nSPS) is 15.2. The van der Waals surface area contributed by atoms with Crippen molar-refractivity contribution in [3.63, 3.8) is 0 Å². The molecule has 4 heterocycles. The minimum absolute atomic E-state index is 0.0749. The van der Waals surface area contributed by atoms with Crippen LogP contribution in [0.2, 0.25) is 5.02 Å². The highest BCUT2D eigenvalue weighted by Gasteiger charge is 2.34. The Bertz CT molecular complexity index is 1450. The zero-order valence-electron chi connectivity index (χ0n) is 18.6. The topological polar surface area (TPSA) is 131 Å². The molecule has 35 heavy (non-hydrogen) atoms. The van der Waals surface area contributed by atoms with E-state index in [0.29, 0.717) is 39.4 Å². The third kappa shape index (κ3) is 4.26. The Hall–Kier alpha value is -3.77. The molecule has 0 aliphatic carbocycles. The molecule has 1 aromatic carbocycles. The fraction of sp³-hybridized carbons (Fsp3) is 0.227. The lowest BCUT2D eigenvalue weighted by Crippen LogP contribution is -2.38. The van der Waals surface area contributed by atoms with Crippen molar-refractivity contribution in [3.8, 4) is 34.5 Å². The maximum atomic E-state index is 13.4. The van der Waals surface area contributed by atoms with Crippen LogP contribution >= 0.6 is 11.6 Å². The summed E-state index contributed by atoms with van der Waals surface area (Å²) in [6, 6.07) is 10.2. The van der Waals surface area contributed by atoms with Crippen molar-refractivity contribution < 1.29 is 27.0 Å². The van der Waals surface area contributed by atoms with E-state index in [4.69, 9.17) is 30.2 Å². The molecule has 1 aliphatic rings. The molecule has 0 bridgehead atoms. The van der Waals surface area contributed by atoms with E-state index in [-0.39, 0.29) is 24.8 Å². The van der Waals surface area contributed by atoms with Gasteiger partial charge in [0.25, 0.3) is 0 Å². The van der Waals surface area contributed by atoms with Crippen molar-refractivity contribution in [1.82, 2.24) is 19.7 Å². The molecule has 1 atom stereocenters. The Kier molecular flexibility index (Phi) is 5.99. The molecule has 13 heteroatoms. The summed E-state index contributed by atoms with van der Waals surface area (Å²) >= 11 is 5.96. The number of fused-ring (bicyclic) bond motifs is 1. The highest BCUT2D eigenvalue weighted by atomic mass is 35.5. The molecule has 11 nitrogen and oxygen atoms in total. The lowest BCUT2D eigenvalue weighted by Gasteiger charge is -2.25. The number of nitrogens with zero attached hydrogens (tertiary/aromatic N) is 4. The van der Waals surface area contributed by atoms with E-state index in [1.807, 2.05) is 0 Å². The summed E-state index contributed by atoms with van der Waals surface area (Å²) in [6.07, 6.45) is 3.07. The van der Waals surface area contributed by atoms with Gasteiger partial charge in [-0.25, -0.2) is 8.42 Å². The first-order chi connectivity index (χ1) is 16.9. The lowest BCUT2D eigenvalue weighted by molar-refractivity contribution is 0.286. The number of furan rings is 1. The van der Waals surface area contributed by atoms with E-state index >= 15 is 0 Å². The van der Waals surface area contributed by atoms with Crippen LogP contribution in [-0.4, -0.2) is 54.2 Å². The number of methoxy groups -OCH3 is 2. The Morgan fingerprint density at radius 3 is 2.60 bits per heavy atom. The number of anilines is 1. The summed E-state index contributed by atoms with van der Waals surface area (Å²) in [7, 11) is -1.01. The predicted octanol–water partition coefficient (Wildman–Crippen LogP) is 3.34. The zero-order valence-corrected chi connectivity index (χ0v) is 20.2. The van der Waals surface area contributed by atoms with Gasteiger partial charge in [0.1, 0.15) is 34.8 Å². The Morgan fingerprint density at radius 1 is 1.14 bits per heavy atom. The van der Waals surface area contributed by atoms with Crippen LogP contribution in [0.1, 0.15) is 5.69 Å². The second-order valence-electron chi connectivity index (χ2n) is 7.55. The molecule has 0 spiro atoms.